The molecule has 0 saturated heterocycles. The van der Waals surface area contributed by atoms with Gasteiger partial charge in [0.25, 0.3) is 0 Å². The Labute approximate surface area is 64.7 Å². The zero-order valence-electron chi connectivity index (χ0n) is 6.13. The molecule has 3 nitrogen and oxygen atoms in total. The molecule has 0 fully saturated rings. The minimum atomic E-state index is 0.299. The number of rotatable bonds is 1. The van der Waals surface area contributed by atoms with E-state index in [-0.39, 0.29) is 0 Å². The van der Waals surface area contributed by atoms with Gasteiger partial charge in [0.1, 0.15) is 12.2 Å². The van der Waals surface area contributed by atoms with Crippen LogP contribution in [-0.2, 0) is 19.3 Å². The fraction of sp³-hybridized carbons (Fsp3) is 0.500. The van der Waals surface area contributed by atoms with Crippen LogP contribution >= 0.6 is 0 Å². The maximum absolute atomic E-state index is 8.36. The molecule has 1 aliphatic carbocycles. The van der Waals surface area contributed by atoms with E-state index in [1.54, 1.807) is 0 Å². The van der Waals surface area contributed by atoms with Crippen molar-refractivity contribution in [1.82, 2.24) is 4.98 Å². The molecule has 0 saturated carbocycles. The Bertz CT molecular complexity index is 287. The molecule has 11 heavy (non-hydrogen) atoms. The molecule has 0 aromatic carbocycles. The van der Waals surface area contributed by atoms with Crippen molar-refractivity contribution in [3.8, 4) is 6.07 Å². The summed E-state index contributed by atoms with van der Waals surface area (Å²) < 4.78 is 5.33. The number of nitriles is 1. The Hall–Kier alpha value is -1.30. The number of fused-ring (bicyclic) bond motifs is 1. The first kappa shape index (κ1) is 6.41. The van der Waals surface area contributed by atoms with Crippen LogP contribution in [0, 0.1) is 11.3 Å². The number of aryl methyl sites for hydroxylation is 2. The second-order valence-corrected chi connectivity index (χ2v) is 2.67. The highest BCUT2D eigenvalue weighted by Gasteiger charge is 2.17. The van der Waals surface area contributed by atoms with Gasteiger partial charge in [-0.1, -0.05) is 0 Å². The molecule has 1 heterocycles. The van der Waals surface area contributed by atoms with E-state index in [4.69, 9.17) is 9.68 Å². The van der Waals surface area contributed by atoms with Crippen LogP contribution in [0.25, 0.3) is 0 Å². The summed E-state index contributed by atoms with van der Waals surface area (Å²) in [6, 6.07) is 2.02. The monoisotopic (exact) mass is 148 g/mol. The van der Waals surface area contributed by atoms with Crippen LogP contribution in [0.5, 0.6) is 0 Å². The van der Waals surface area contributed by atoms with Crippen molar-refractivity contribution >= 4 is 0 Å². The van der Waals surface area contributed by atoms with E-state index in [9.17, 15) is 0 Å². The average molecular weight is 148 g/mol. The summed E-state index contributed by atoms with van der Waals surface area (Å²) in [6.45, 7) is 0. The Morgan fingerprint density at radius 1 is 1.55 bits per heavy atom. The van der Waals surface area contributed by atoms with Crippen molar-refractivity contribution in [3.63, 3.8) is 0 Å². The second kappa shape index (κ2) is 2.39. The summed E-state index contributed by atoms with van der Waals surface area (Å²) in [4.78, 5) is 4.19. The molecule has 1 aliphatic rings. The minimum absolute atomic E-state index is 0.299. The molecule has 56 valence electrons. The smallest absolute Gasteiger partial charge is 0.208 e. The van der Waals surface area contributed by atoms with Crippen molar-refractivity contribution in [2.45, 2.75) is 25.7 Å². The second-order valence-electron chi connectivity index (χ2n) is 2.67. The fourth-order valence-electron chi connectivity index (χ4n) is 1.39. The molecule has 0 aliphatic heterocycles. The number of aromatic nitrogens is 1. The molecule has 1 aromatic rings. The Balaban J connectivity index is 2.29. The molecular formula is C8H8N2O. The van der Waals surface area contributed by atoms with E-state index in [0.29, 0.717) is 12.3 Å². The predicted octanol–water partition coefficient (Wildman–Crippen LogP) is 1.23. The van der Waals surface area contributed by atoms with E-state index in [1.165, 1.54) is 0 Å². The van der Waals surface area contributed by atoms with Crippen LogP contribution in [0.4, 0.5) is 0 Å². The first-order valence-corrected chi connectivity index (χ1v) is 3.74. The molecule has 0 N–H and O–H groups in total. The Kier molecular flexibility index (Phi) is 1.39. The molecule has 0 spiro atoms. The maximum atomic E-state index is 8.36. The number of hydrogen-bond acceptors (Lipinski definition) is 3. The molecular weight excluding hydrogens is 140 g/mol. The SMILES string of the molecule is N#CCc1nc2c(o1)CCC2. The first-order chi connectivity index (χ1) is 5.40. The van der Waals surface area contributed by atoms with Gasteiger partial charge in [-0.2, -0.15) is 5.26 Å². The van der Waals surface area contributed by atoms with Gasteiger partial charge in [0.2, 0.25) is 5.89 Å². The molecule has 0 radical (unpaired) electrons. The minimum Gasteiger partial charge on any atom is -0.444 e. The van der Waals surface area contributed by atoms with Crippen LogP contribution in [0.15, 0.2) is 4.42 Å². The molecule has 0 unspecified atom stereocenters. The van der Waals surface area contributed by atoms with Gasteiger partial charge in [-0.15, -0.1) is 0 Å². The van der Waals surface area contributed by atoms with Crippen molar-refractivity contribution in [3.05, 3.63) is 17.3 Å². The third kappa shape index (κ3) is 1.01. The van der Waals surface area contributed by atoms with Crippen LogP contribution in [0.1, 0.15) is 23.8 Å². The summed E-state index contributed by atoms with van der Waals surface area (Å²) in [5.74, 6) is 1.58. The highest BCUT2D eigenvalue weighted by atomic mass is 16.4. The highest BCUT2D eigenvalue weighted by molar-refractivity contribution is 5.16. The molecule has 0 atom stereocenters. The van der Waals surface area contributed by atoms with Gasteiger partial charge >= 0.3 is 0 Å². The molecule has 2 rings (SSSR count). The Morgan fingerprint density at radius 2 is 2.45 bits per heavy atom. The topological polar surface area (TPSA) is 49.8 Å². The normalized spacial score (nSPS) is 14.5. The van der Waals surface area contributed by atoms with E-state index < -0.39 is 0 Å². The van der Waals surface area contributed by atoms with Gasteiger partial charge in [-0.25, -0.2) is 4.98 Å². The lowest BCUT2D eigenvalue weighted by atomic mass is 10.3. The third-order valence-corrected chi connectivity index (χ3v) is 1.87. The van der Waals surface area contributed by atoms with Gasteiger partial charge in [-0.05, 0) is 12.8 Å². The third-order valence-electron chi connectivity index (χ3n) is 1.87. The summed E-state index contributed by atoms with van der Waals surface area (Å²) >= 11 is 0. The molecule has 0 amide bonds. The molecule has 0 bridgehead atoms. The van der Waals surface area contributed by atoms with Crippen LogP contribution in [-0.4, -0.2) is 4.98 Å². The van der Waals surface area contributed by atoms with Crippen LogP contribution < -0.4 is 0 Å². The van der Waals surface area contributed by atoms with E-state index in [0.717, 1.165) is 30.7 Å². The number of hydrogen-bond donors (Lipinski definition) is 0. The van der Waals surface area contributed by atoms with Crippen LogP contribution in [0.3, 0.4) is 0 Å². The fourth-order valence-corrected chi connectivity index (χ4v) is 1.39. The number of oxazole rings is 1. The van der Waals surface area contributed by atoms with Crippen molar-refractivity contribution in [1.29, 1.82) is 5.26 Å². The van der Waals surface area contributed by atoms with Gasteiger partial charge in [-0.3, -0.25) is 0 Å². The zero-order chi connectivity index (χ0) is 7.68. The first-order valence-electron chi connectivity index (χ1n) is 3.74. The van der Waals surface area contributed by atoms with E-state index in [1.807, 2.05) is 6.07 Å². The van der Waals surface area contributed by atoms with E-state index >= 15 is 0 Å². The summed E-state index contributed by atoms with van der Waals surface area (Å²) in [6.07, 6.45) is 3.46. The largest absolute Gasteiger partial charge is 0.444 e. The van der Waals surface area contributed by atoms with Crippen LogP contribution in [0.2, 0.25) is 0 Å². The van der Waals surface area contributed by atoms with Gasteiger partial charge in [0, 0.05) is 6.42 Å². The number of nitrogens with zero attached hydrogens (tertiary/aromatic N) is 2. The Morgan fingerprint density at radius 3 is 3.18 bits per heavy atom. The summed E-state index contributed by atoms with van der Waals surface area (Å²) in [5, 5.41) is 8.36. The maximum Gasteiger partial charge on any atom is 0.208 e. The predicted molar refractivity (Wildman–Crippen MR) is 37.8 cm³/mol. The lowest BCUT2D eigenvalue weighted by molar-refractivity contribution is 0.469. The average Bonchev–Trinajstić information content (AvgIpc) is 2.46. The lowest BCUT2D eigenvalue weighted by Crippen LogP contribution is -1.83. The van der Waals surface area contributed by atoms with Gasteiger partial charge < -0.3 is 4.42 Å². The van der Waals surface area contributed by atoms with Crippen molar-refractivity contribution in [2.75, 3.05) is 0 Å². The van der Waals surface area contributed by atoms with Crippen molar-refractivity contribution in [2.24, 2.45) is 0 Å². The standard InChI is InChI=1S/C8H8N2O/c9-5-4-8-10-6-2-1-3-7(6)11-8/h1-4H2. The highest BCUT2D eigenvalue weighted by Crippen LogP contribution is 2.21. The van der Waals surface area contributed by atoms with Crippen molar-refractivity contribution < 1.29 is 4.42 Å². The molecule has 1 aromatic heterocycles. The van der Waals surface area contributed by atoms with E-state index in [2.05, 4.69) is 4.98 Å². The lowest BCUT2D eigenvalue weighted by Gasteiger charge is -1.84. The van der Waals surface area contributed by atoms with Gasteiger partial charge in [0.15, 0.2) is 0 Å². The molecule has 3 heteroatoms. The quantitative estimate of drug-likeness (QED) is 0.601. The van der Waals surface area contributed by atoms with Gasteiger partial charge in [0.05, 0.1) is 11.8 Å². The summed E-state index contributed by atoms with van der Waals surface area (Å²) in [5.41, 5.74) is 1.07. The summed E-state index contributed by atoms with van der Waals surface area (Å²) in [7, 11) is 0. The zero-order valence-corrected chi connectivity index (χ0v) is 6.13.